The van der Waals surface area contributed by atoms with Gasteiger partial charge >= 0.3 is 0 Å². The summed E-state index contributed by atoms with van der Waals surface area (Å²) < 4.78 is 23.7. The van der Waals surface area contributed by atoms with E-state index in [-0.39, 0.29) is 0 Å². The summed E-state index contributed by atoms with van der Waals surface area (Å²) in [5.74, 6) is 0.688. The van der Waals surface area contributed by atoms with E-state index in [4.69, 9.17) is 0 Å². The topological polar surface area (TPSA) is 48.9 Å². The first-order valence-corrected chi connectivity index (χ1v) is 3.79. The summed E-state index contributed by atoms with van der Waals surface area (Å²) in [5.41, 5.74) is 0. The lowest BCUT2D eigenvalue weighted by molar-refractivity contribution is -0.676. The highest BCUT2D eigenvalue weighted by Gasteiger charge is 2.07. The van der Waals surface area contributed by atoms with Crippen molar-refractivity contribution in [2.45, 2.75) is 6.92 Å². The smallest absolute Gasteiger partial charge is 0.265 e. The van der Waals surface area contributed by atoms with Gasteiger partial charge in [-0.3, -0.25) is 0 Å². The molecule has 0 aliphatic carbocycles. The fourth-order valence-corrected chi connectivity index (χ4v) is 1.19. The van der Waals surface area contributed by atoms with E-state index >= 15 is 0 Å². The van der Waals surface area contributed by atoms with Crippen LogP contribution in [0.4, 0.5) is 0 Å². The Hall–Kier alpha value is -0.680. The molecule has 0 aliphatic rings. The third kappa shape index (κ3) is 1.10. The quantitative estimate of drug-likeness (QED) is 0.401. The second-order valence-electron chi connectivity index (χ2n) is 2.00. The van der Waals surface area contributed by atoms with Gasteiger partial charge in [0, 0.05) is 6.92 Å². The lowest BCUT2D eigenvalue weighted by Gasteiger charge is -1.98. The zero-order valence-corrected chi connectivity index (χ0v) is 6.59. The number of rotatable bonds is 1. The number of hydrogen-bond donors (Lipinski definition) is 0. The van der Waals surface area contributed by atoms with Crippen molar-refractivity contribution < 1.29 is 13.3 Å². The Morgan fingerprint density at radius 3 is 2.60 bits per heavy atom. The number of aryl methyl sites for hydroxylation is 1. The van der Waals surface area contributed by atoms with E-state index in [0.717, 1.165) is 0 Å². The summed E-state index contributed by atoms with van der Waals surface area (Å²) in [7, 11) is 1.79. The Kier molecular flexibility index (Phi) is 1.87. The first-order valence-electron chi connectivity index (χ1n) is 2.76. The standard InChI is InChI=1S/C5H8N2O2S/c1-5-6(2)3-4-7(5)10(8)9/h3-4H,1-2H3. The Morgan fingerprint density at radius 1 is 1.80 bits per heavy atom. The molecule has 0 saturated carbocycles. The molecular weight excluding hydrogens is 152 g/mol. The van der Waals surface area contributed by atoms with Crippen LogP contribution in [0.1, 0.15) is 5.82 Å². The van der Waals surface area contributed by atoms with Crippen LogP contribution in [0.15, 0.2) is 12.4 Å². The minimum absolute atomic E-state index is 0.688. The second-order valence-corrected chi connectivity index (χ2v) is 2.83. The van der Waals surface area contributed by atoms with E-state index in [1.165, 1.54) is 10.2 Å². The molecule has 0 N–H and O–H groups in total. The second kappa shape index (κ2) is 2.51. The molecule has 1 unspecified atom stereocenters. The number of aromatic nitrogens is 2. The molecule has 10 heavy (non-hydrogen) atoms. The van der Waals surface area contributed by atoms with Crippen molar-refractivity contribution in [2.24, 2.45) is 7.05 Å². The fraction of sp³-hybridized carbons (Fsp3) is 0.400. The van der Waals surface area contributed by atoms with Crippen LogP contribution in [0.3, 0.4) is 0 Å². The molecular formula is C5H8N2O2S. The van der Waals surface area contributed by atoms with E-state index in [2.05, 4.69) is 0 Å². The van der Waals surface area contributed by atoms with Crippen LogP contribution in [0.25, 0.3) is 0 Å². The zero-order chi connectivity index (χ0) is 7.72. The molecule has 0 aromatic carbocycles. The maximum atomic E-state index is 10.4. The van der Waals surface area contributed by atoms with Crippen molar-refractivity contribution in [1.82, 2.24) is 3.97 Å². The van der Waals surface area contributed by atoms with Crippen LogP contribution < -0.4 is 4.57 Å². The molecule has 0 spiro atoms. The molecule has 1 rings (SSSR count). The molecule has 0 saturated heterocycles. The van der Waals surface area contributed by atoms with Gasteiger partial charge in [-0.2, -0.15) is 3.97 Å². The molecule has 0 aliphatic heterocycles. The molecule has 4 nitrogen and oxygen atoms in total. The summed E-state index contributed by atoms with van der Waals surface area (Å²) in [6.45, 7) is 1.73. The molecule has 1 aromatic heterocycles. The Morgan fingerprint density at radius 2 is 2.40 bits per heavy atom. The van der Waals surface area contributed by atoms with Crippen molar-refractivity contribution >= 4 is 11.3 Å². The Labute approximate surface area is 61.5 Å². The van der Waals surface area contributed by atoms with Gasteiger partial charge in [0.05, 0.1) is 7.05 Å². The van der Waals surface area contributed by atoms with Gasteiger partial charge in [-0.05, 0) is 0 Å². The van der Waals surface area contributed by atoms with Gasteiger partial charge in [0.15, 0.2) is 0 Å². The minimum Gasteiger partial charge on any atom is -0.736 e. The number of imidazole rings is 1. The van der Waals surface area contributed by atoms with Crippen molar-refractivity contribution in [3.05, 3.63) is 18.2 Å². The maximum Gasteiger partial charge on any atom is 0.265 e. The average Bonchev–Trinajstić information content (AvgIpc) is 2.14. The fourth-order valence-electron chi connectivity index (χ4n) is 0.689. The first-order chi connectivity index (χ1) is 4.63. The van der Waals surface area contributed by atoms with Crippen molar-refractivity contribution in [3.8, 4) is 0 Å². The van der Waals surface area contributed by atoms with E-state index in [1.54, 1.807) is 24.7 Å². The summed E-state index contributed by atoms with van der Waals surface area (Å²) in [5, 5.41) is 0. The summed E-state index contributed by atoms with van der Waals surface area (Å²) in [4.78, 5) is 0. The molecule has 0 amide bonds. The van der Waals surface area contributed by atoms with Crippen LogP contribution in [0, 0.1) is 6.92 Å². The van der Waals surface area contributed by atoms with Crippen molar-refractivity contribution in [1.29, 1.82) is 0 Å². The highest BCUT2D eigenvalue weighted by Crippen LogP contribution is 1.91. The van der Waals surface area contributed by atoms with Gasteiger partial charge in [-0.25, -0.2) is 8.78 Å². The van der Waals surface area contributed by atoms with Gasteiger partial charge < -0.3 is 4.55 Å². The summed E-state index contributed by atoms with van der Waals surface area (Å²) in [6, 6.07) is 0. The maximum absolute atomic E-state index is 10.4. The van der Waals surface area contributed by atoms with E-state index < -0.39 is 11.3 Å². The first kappa shape index (κ1) is 7.43. The van der Waals surface area contributed by atoms with Crippen LogP contribution in [0.5, 0.6) is 0 Å². The van der Waals surface area contributed by atoms with Gasteiger partial charge in [0.25, 0.3) is 5.82 Å². The van der Waals surface area contributed by atoms with Crippen LogP contribution in [0.2, 0.25) is 0 Å². The Bertz CT molecular complexity index is 269. The van der Waals surface area contributed by atoms with Crippen molar-refractivity contribution in [2.75, 3.05) is 0 Å². The normalized spacial score (nSPS) is 13.5. The molecule has 1 aromatic rings. The lowest BCUT2D eigenvalue weighted by Crippen LogP contribution is -2.30. The third-order valence-electron chi connectivity index (χ3n) is 1.42. The van der Waals surface area contributed by atoms with E-state index in [1.807, 2.05) is 0 Å². The van der Waals surface area contributed by atoms with Crippen molar-refractivity contribution in [3.63, 3.8) is 0 Å². The molecule has 1 heterocycles. The van der Waals surface area contributed by atoms with Crippen LogP contribution >= 0.6 is 0 Å². The van der Waals surface area contributed by atoms with Gasteiger partial charge in [0.1, 0.15) is 23.7 Å². The number of hydrogen-bond acceptors (Lipinski definition) is 2. The van der Waals surface area contributed by atoms with Gasteiger partial charge in [-0.15, -0.1) is 0 Å². The van der Waals surface area contributed by atoms with Gasteiger partial charge in [0.2, 0.25) is 0 Å². The molecule has 5 heteroatoms. The largest absolute Gasteiger partial charge is 0.736 e. The SMILES string of the molecule is Cc1n(S(=O)[O-])cc[n+]1C. The van der Waals surface area contributed by atoms with Gasteiger partial charge in [-0.1, -0.05) is 0 Å². The molecule has 0 fully saturated rings. The van der Waals surface area contributed by atoms with E-state index in [9.17, 15) is 8.76 Å². The lowest BCUT2D eigenvalue weighted by atomic mass is 10.7. The highest BCUT2D eigenvalue weighted by molar-refractivity contribution is 7.77. The third-order valence-corrected chi connectivity index (χ3v) is 2.12. The van der Waals surface area contributed by atoms with Crippen LogP contribution in [-0.2, 0) is 18.3 Å². The monoisotopic (exact) mass is 160 g/mol. The Balaban J connectivity index is 3.17. The zero-order valence-electron chi connectivity index (χ0n) is 5.77. The van der Waals surface area contributed by atoms with E-state index in [0.29, 0.717) is 5.82 Å². The molecule has 0 radical (unpaired) electrons. The predicted octanol–water partition coefficient (Wildman–Crippen LogP) is -0.737. The summed E-state index contributed by atoms with van der Waals surface area (Å²) in [6.07, 6.45) is 3.18. The average molecular weight is 160 g/mol. The minimum atomic E-state index is -2.17. The highest BCUT2D eigenvalue weighted by atomic mass is 32.2. The molecule has 1 atom stereocenters. The van der Waals surface area contributed by atoms with Crippen LogP contribution in [-0.4, -0.2) is 12.7 Å². The predicted molar refractivity (Wildman–Crippen MR) is 34.7 cm³/mol. The molecule has 56 valence electrons. The molecule has 0 bridgehead atoms. The summed E-state index contributed by atoms with van der Waals surface area (Å²) >= 11 is -2.17. The number of nitrogens with zero attached hydrogens (tertiary/aromatic N) is 2.